The van der Waals surface area contributed by atoms with Gasteiger partial charge in [-0.25, -0.2) is 0 Å². The van der Waals surface area contributed by atoms with E-state index < -0.39 is 0 Å². The Bertz CT molecular complexity index is 383. The summed E-state index contributed by atoms with van der Waals surface area (Å²) >= 11 is 0. The minimum atomic E-state index is 0.278. The Morgan fingerprint density at radius 2 is 1.67 bits per heavy atom. The van der Waals surface area contributed by atoms with Gasteiger partial charge in [0, 0.05) is 11.5 Å². The number of carbonyl (C=O) groups is 1. The fraction of sp³-hybridized carbons (Fsp3) is 0.588. The normalized spacial score (nSPS) is 23.9. The Morgan fingerprint density at radius 1 is 1.06 bits per heavy atom. The molecule has 1 fully saturated rings. The van der Waals surface area contributed by atoms with Crippen molar-refractivity contribution in [3.05, 3.63) is 35.4 Å². The zero-order valence-corrected chi connectivity index (χ0v) is 11.6. The van der Waals surface area contributed by atoms with Crippen LogP contribution in [-0.4, -0.2) is 5.78 Å². The van der Waals surface area contributed by atoms with Crippen LogP contribution >= 0.6 is 0 Å². The van der Waals surface area contributed by atoms with E-state index in [1.165, 1.54) is 24.8 Å². The van der Waals surface area contributed by atoms with E-state index in [1.54, 1.807) is 0 Å². The summed E-state index contributed by atoms with van der Waals surface area (Å²) in [5.74, 6) is 1.50. The first-order valence-corrected chi connectivity index (χ1v) is 7.37. The fourth-order valence-electron chi connectivity index (χ4n) is 2.97. The monoisotopic (exact) mass is 244 g/mol. The Kier molecular flexibility index (Phi) is 4.57. The standard InChI is InChI=1S/C17H24O/c1-3-13-5-9-15(10-6-13)17(18)16-11-7-14(4-2)8-12-16/h5-6,9-10,14,16H,3-4,7-8,11-12H2,1-2H3. The molecule has 1 nitrogen and oxygen atoms in total. The fourth-order valence-corrected chi connectivity index (χ4v) is 2.97. The molecule has 1 aromatic rings. The molecule has 0 aliphatic heterocycles. The summed E-state index contributed by atoms with van der Waals surface area (Å²) in [6.07, 6.45) is 6.96. The second kappa shape index (κ2) is 6.17. The SMILES string of the molecule is CCc1ccc(C(=O)C2CCC(CC)CC2)cc1. The second-order valence-corrected chi connectivity index (χ2v) is 5.54. The van der Waals surface area contributed by atoms with Crippen molar-refractivity contribution in [3.8, 4) is 0 Å². The van der Waals surface area contributed by atoms with E-state index in [0.717, 1.165) is 30.7 Å². The summed E-state index contributed by atoms with van der Waals surface area (Å²) in [4.78, 5) is 12.4. The van der Waals surface area contributed by atoms with Gasteiger partial charge in [0.15, 0.2) is 5.78 Å². The number of carbonyl (C=O) groups excluding carboxylic acids is 1. The van der Waals surface area contributed by atoms with Crippen LogP contribution < -0.4 is 0 Å². The molecule has 0 N–H and O–H groups in total. The topological polar surface area (TPSA) is 17.1 Å². The van der Waals surface area contributed by atoms with Crippen molar-refractivity contribution < 1.29 is 4.79 Å². The molecule has 0 amide bonds. The Morgan fingerprint density at radius 3 is 2.17 bits per heavy atom. The Hall–Kier alpha value is -1.11. The predicted octanol–water partition coefficient (Wildman–Crippen LogP) is 4.65. The molecular formula is C17H24O. The maximum atomic E-state index is 12.4. The lowest BCUT2D eigenvalue weighted by molar-refractivity contribution is 0.0871. The van der Waals surface area contributed by atoms with Crippen molar-refractivity contribution in [1.29, 1.82) is 0 Å². The molecule has 1 aromatic carbocycles. The van der Waals surface area contributed by atoms with Crippen molar-refractivity contribution in [2.45, 2.75) is 52.4 Å². The molecule has 0 atom stereocenters. The minimum absolute atomic E-state index is 0.278. The van der Waals surface area contributed by atoms with Crippen LogP contribution in [0, 0.1) is 11.8 Å². The summed E-state index contributed by atoms with van der Waals surface area (Å²) < 4.78 is 0. The smallest absolute Gasteiger partial charge is 0.165 e. The lowest BCUT2D eigenvalue weighted by Crippen LogP contribution is -2.21. The van der Waals surface area contributed by atoms with Crippen LogP contribution in [-0.2, 0) is 6.42 Å². The van der Waals surface area contributed by atoms with Gasteiger partial charge in [-0.05, 0) is 43.6 Å². The molecule has 0 radical (unpaired) electrons. The summed E-state index contributed by atoms with van der Waals surface area (Å²) in [6.45, 7) is 4.40. The molecule has 1 aliphatic carbocycles. The third kappa shape index (κ3) is 3.01. The molecule has 98 valence electrons. The number of ketones is 1. The highest BCUT2D eigenvalue weighted by atomic mass is 16.1. The molecule has 0 spiro atoms. The first-order valence-electron chi connectivity index (χ1n) is 7.37. The molecular weight excluding hydrogens is 220 g/mol. The number of hydrogen-bond acceptors (Lipinski definition) is 1. The second-order valence-electron chi connectivity index (χ2n) is 5.54. The number of rotatable bonds is 4. The third-order valence-corrected chi connectivity index (χ3v) is 4.44. The van der Waals surface area contributed by atoms with Gasteiger partial charge >= 0.3 is 0 Å². The lowest BCUT2D eigenvalue weighted by atomic mass is 9.78. The Balaban J connectivity index is 1.98. The van der Waals surface area contributed by atoms with Gasteiger partial charge < -0.3 is 0 Å². The van der Waals surface area contributed by atoms with E-state index in [4.69, 9.17) is 0 Å². The minimum Gasteiger partial charge on any atom is -0.294 e. The van der Waals surface area contributed by atoms with Crippen molar-refractivity contribution in [2.75, 3.05) is 0 Å². The molecule has 18 heavy (non-hydrogen) atoms. The third-order valence-electron chi connectivity index (χ3n) is 4.44. The maximum absolute atomic E-state index is 12.4. The van der Waals surface area contributed by atoms with Crippen LogP contribution in [0.1, 0.15) is 61.9 Å². The molecule has 2 rings (SSSR count). The number of benzene rings is 1. The van der Waals surface area contributed by atoms with E-state index in [0.29, 0.717) is 5.78 Å². The van der Waals surface area contributed by atoms with Gasteiger partial charge in [-0.1, -0.05) is 44.5 Å². The predicted molar refractivity (Wildman–Crippen MR) is 75.9 cm³/mol. The average molecular weight is 244 g/mol. The molecule has 0 heterocycles. The van der Waals surface area contributed by atoms with Crippen LogP contribution in [0.25, 0.3) is 0 Å². The quantitative estimate of drug-likeness (QED) is 0.705. The first kappa shape index (κ1) is 13.3. The van der Waals surface area contributed by atoms with E-state index in [1.807, 2.05) is 12.1 Å². The van der Waals surface area contributed by atoms with Gasteiger partial charge in [0.1, 0.15) is 0 Å². The van der Waals surface area contributed by atoms with Crippen molar-refractivity contribution >= 4 is 5.78 Å². The van der Waals surface area contributed by atoms with E-state index in [9.17, 15) is 4.79 Å². The van der Waals surface area contributed by atoms with Gasteiger partial charge in [-0.15, -0.1) is 0 Å². The zero-order valence-electron chi connectivity index (χ0n) is 11.6. The molecule has 1 aliphatic rings. The van der Waals surface area contributed by atoms with Crippen LogP contribution in [0.2, 0.25) is 0 Å². The van der Waals surface area contributed by atoms with Gasteiger partial charge in [0.25, 0.3) is 0 Å². The lowest BCUT2D eigenvalue weighted by Gasteiger charge is -2.26. The van der Waals surface area contributed by atoms with Crippen LogP contribution in [0.3, 0.4) is 0 Å². The summed E-state index contributed by atoms with van der Waals surface area (Å²) in [5, 5.41) is 0. The molecule has 0 aromatic heterocycles. The number of aryl methyl sites for hydroxylation is 1. The highest BCUT2D eigenvalue weighted by Gasteiger charge is 2.25. The largest absolute Gasteiger partial charge is 0.294 e. The van der Waals surface area contributed by atoms with Gasteiger partial charge in [-0.2, -0.15) is 0 Å². The van der Waals surface area contributed by atoms with Gasteiger partial charge in [0.2, 0.25) is 0 Å². The highest BCUT2D eigenvalue weighted by Crippen LogP contribution is 2.32. The average Bonchev–Trinajstić information content (AvgIpc) is 2.47. The number of hydrogen-bond donors (Lipinski definition) is 0. The van der Waals surface area contributed by atoms with E-state index >= 15 is 0 Å². The molecule has 0 unspecified atom stereocenters. The van der Waals surface area contributed by atoms with E-state index in [-0.39, 0.29) is 5.92 Å². The zero-order chi connectivity index (χ0) is 13.0. The Labute approximate surface area is 111 Å². The first-order chi connectivity index (χ1) is 8.74. The highest BCUT2D eigenvalue weighted by molar-refractivity contribution is 5.97. The summed E-state index contributed by atoms with van der Waals surface area (Å²) in [5.41, 5.74) is 2.22. The molecule has 1 saturated carbocycles. The van der Waals surface area contributed by atoms with E-state index in [2.05, 4.69) is 26.0 Å². The summed E-state index contributed by atoms with van der Waals surface area (Å²) in [7, 11) is 0. The van der Waals surface area contributed by atoms with Crippen LogP contribution in [0.5, 0.6) is 0 Å². The molecule has 0 saturated heterocycles. The van der Waals surface area contributed by atoms with Crippen molar-refractivity contribution in [1.82, 2.24) is 0 Å². The van der Waals surface area contributed by atoms with Crippen LogP contribution in [0.15, 0.2) is 24.3 Å². The molecule has 1 heteroatoms. The van der Waals surface area contributed by atoms with Gasteiger partial charge in [-0.3, -0.25) is 4.79 Å². The van der Waals surface area contributed by atoms with Crippen molar-refractivity contribution in [3.63, 3.8) is 0 Å². The van der Waals surface area contributed by atoms with Crippen LogP contribution in [0.4, 0.5) is 0 Å². The van der Waals surface area contributed by atoms with Gasteiger partial charge in [0.05, 0.1) is 0 Å². The molecule has 0 bridgehead atoms. The number of Topliss-reactive ketones (excluding diaryl/α,β-unsaturated/α-hetero) is 1. The maximum Gasteiger partial charge on any atom is 0.165 e. The summed E-state index contributed by atoms with van der Waals surface area (Å²) in [6, 6.07) is 8.19. The van der Waals surface area contributed by atoms with Crippen molar-refractivity contribution in [2.24, 2.45) is 11.8 Å².